The van der Waals surface area contributed by atoms with Crippen molar-refractivity contribution in [2.45, 2.75) is 46.1 Å². The molecule has 22 heavy (non-hydrogen) atoms. The number of benzene rings is 1. The van der Waals surface area contributed by atoms with Crippen molar-refractivity contribution >= 4 is 6.08 Å². The molecule has 2 nitrogen and oxygen atoms in total. The van der Waals surface area contributed by atoms with Gasteiger partial charge in [0.2, 0.25) is 0 Å². The average molecular weight is 300 g/mol. The zero-order valence-electron chi connectivity index (χ0n) is 14.8. The van der Waals surface area contributed by atoms with Crippen LogP contribution in [0.15, 0.2) is 30.3 Å². The maximum absolute atomic E-state index is 2.56. The molecule has 1 unspecified atom stereocenters. The molecular formula is C20H32N2. The molecule has 0 amide bonds. The van der Waals surface area contributed by atoms with Crippen LogP contribution in [0.25, 0.3) is 6.08 Å². The molecule has 0 aliphatic carbocycles. The minimum atomic E-state index is 0.662. The molecule has 1 aliphatic rings. The Balaban J connectivity index is 1.78. The van der Waals surface area contributed by atoms with E-state index in [1.807, 2.05) is 0 Å². The lowest BCUT2D eigenvalue weighted by Crippen LogP contribution is -2.48. The topological polar surface area (TPSA) is 6.48 Å². The standard InChI is InChI=1S/C20H32N2/c1-5-18(4)20-10-8-19(9-11-20)7-6-12-21-13-15-22(16-14-21)17(2)3/h6-11,17-18H,5,12-16H2,1-4H3/b7-6+. The van der Waals surface area contributed by atoms with Crippen LogP contribution in [0, 0.1) is 0 Å². The fraction of sp³-hybridized carbons (Fsp3) is 0.600. The Morgan fingerprint density at radius 3 is 2.18 bits per heavy atom. The van der Waals surface area contributed by atoms with Crippen LogP contribution in [-0.2, 0) is 0 Å². The number of hydrogen-bond acceptors (Lipinski definition) is 2. The van der Waals surface area contributed by atoms with E-state index in [-0.39, 0.29) is 0 Å². The van der Waals surface area contributed by atoms with Crippen molar-refractivity contribution < 1.29 is 0 Å². The SMILES string of the molecule is CCC(C)c1ccc(/C=C/CN2CCN(C(C)C)CC2)cc1. The smallest absolute Gasteiger partial charge is 0.0167 e. The van der Waals surface area contributed by atoms with E-state index >= 15 is 0 Å². The van der Waals surface area contributed by atoms with Gasteiger partial charge in [-0.05, 0) is 37.3 Å². The summed E-state index contributed by atoms with van der Waals surface area (Å²) in [5.41, 5.74) is 2.76. The van der Waals surface area contributed by atoms with Crippen LogP contribution in [0.4, 0.5) is 0 Å². The lowest BCUT2D eigenvalue weighted by Gasteiger charge is -2.36. The Morgan fingerprint density at radius 1 is 1.00 bits per heavy atom. The molecule has 122 valence electrons. The predicted molar refractivity (Wildman–Crippen MR) is 97.3 cm³/mol. The number of rotatable bonds is 6. The summed E-state index contributed by atoms with van der Waals surface area (Å²) in [5.74, 6) is 0.662. The molecule has 0 N–H and O–H groups in total. The first kappa shape index (κ1) is 17.2. The van der Waals surface area contributed by atoms with Crippen molar-refractivity contribution in [3.8, 4) is 0 Å². The molecule has 1 fully saturated rings. The van der Waals surface area contributed by atoms with E-state index in [0.29, 0.717) is 12.0 Å². The third-order valence-electron chi connectivity index (χ3n) is 4.93. The van der Waals surface area contributed by atoms with Crippen LogP contribution in [0.2, 0.25) is 0 Å². The molecular weight excluding hydrogens is 268 g/mol. The van der Waals surface area contributed by atoms with E-state index in [4.69, 9.17) is 0 Å². The fourth-order valence-electron chi connectivity index (χ4n) is 2.97. The highest BCUT2D eigenvalue weighted by Gasteiger charge is 2.17. The highest BCUT2D eigenvalue weighted by molar-refractivity contribution is 5.50. The second-order valence-corrected chi connectivity index (χ2v) is 6.81. The Kier molecular flexibility index (Phi) is 6.66. The lowest BCUT2D eigenvalue weighted by atomic mass is 9.97. The first-order valence-corrected chi connectivity index (χ1v) is 8.83. The molecule has 1 heterocycles. The van der Waals surface area contributed by atoms with Gasteiger partial charge in [0.25, 0.3) is 0 Å². The average Bonchev–Trinajstić information content (AvgIpc) is 2.55. The van der Waals surface area contributed by atoms with Gasteiger partial charge in [-0.1, -0.05) is 50.3 Å². The Hall–Kier alpha value is -1.12. The summed E-state index contributed by atoms with van der Waals surface area (Å²) in [6.07, 6.45) is 5.77. The molecule has 1 aromatic carbocycles. The quantitative estimate of drug-likeness (QED) is 0.775. The van der Waals surface area contributed by atoms with E-state index < -0.39 is 0 Å². The van der Waals surface area contributed by atoms with Crippen molar-refractivity contribution in [3.63, 3.8) is 0 Å². The van der Waals surface area contributed by atoms with Gasteiger partial charge < -0.3 is 0 Å². The summed E-state index contributed by atoms with van der Waals surface area (Å²) in [6.45, 7) is 15.0. The van der Waals surface area contributed by atoms with Crippen LogP contribution in [0.3, 0.4) is 0 Å². The van der Waals surface area contributed by atoms with E-state index in [9.17, 15) is 0 Å². The van der Waals surface area contributed by atoms with Crippen molar-refractivity contribution in [1.82, 2.24) is 9.80 Å². The van der Waals surface area contributed by atoms with Crippen LogP contribution >= 0.6 is 0 Å². The summed E-state index contributed by atoms with van der Waals surface area (Å²) in [7, 11) is 0. The van der Waals surface area contributed by atoms with Gasteiger partial charge in [-0.3, -0.25) is 9.80 Å². The normalized spacial score (nSPS) is 19.1. The Labute approximate surface area is 136 Å². The first-order valence-electron chi connectivity index (χ1n) is 8.83. The molecule has 0 saturated carbocycles. The summed E-state index contributed by atoms with van der Waals surface area (Å²) in [5, 5.41) is 0. The van der Waals surface area contributed by atoms with Gasteiger partial charge in [0.1, 0.15) is 0 Å². The number of hydrogen-bond donors (Lipinski definition) is 0. The summed E-state index contributed by atoms with van der Waals surface area (Å²) >= 11 is 0. The maximum atomic E-state index is 2.56. The molecule has 1 aromatic rings. The summed E-state index contributed by atoms with van der Waals surface area (Å²) in [4.78, 5) is 5.11. The molecule has 1 saturated heterocycles. The van der Waals surface area contributed by atoms with Gasteiger partial charge in [0.15, 0.2) is 0 Å². The van der Waals surface area contributed by atoms with Crippen LogP contribution in [-0.4, -0.2) is 48.6 Å². The maximum Gasteiger partial charge on any atom is 0.0167 e. The predicted octanol–water partition coefficient (Wildman–Crippen LogP) is 4.24. The van der Waals surface area contributed by atoms with Gasteiger partial charge in [0, 0.05) is 38.8 Å². The van der Waals surface area contributed by atoms with E-state index in [2.05, 4.69) is 73.9 Å². The molecule has 0 aromatic heterocycles. The zero-order chi connectivity index (χ0) is 15.9. The zero-order valence-corrected chi connectivity index (χ0v) is 14.8. The highest BCUT2D eigenvalue weighted by Crippen LogP contribution is 2.19. The van der Waals surface area contributed by atoms with E-state index in [0.717, 1.165) is 6.54 Å². The van der Waals surface area contributed by atoms with Gasteiger partial charge in [-0.25, -0.2) is 0 Å². The monoisotopic (exact) mass is 300 g/mol. The van der Waals surface area contributed by atoms with E-state index in [1.165, 1.54) is 43.7 Å². The van der Waals surface area contributed by atoms with Crippen molar-refractivity contribution in [1.29, 1.82) is 0 Å². The second-order valence-electron chi connectivity index (χ2n) is 6.81. The van der Waals surface area contributed by atoms with Gasteiger partial charge in [0.05, 0.1) is 0 Å². The molecule has 0 bridgehead atoms. The van der Waals surface area contributed by atoms with Gasteiger partial charge in [-0.15, -0.1) is 0 Å². The minimum absolute atomic E-state index is 0.662. The second kappa shape index (κ2) is 8.50. The molecule has 1 atom stereocenters. The molecule has 0 radical (unpaired) electrons. The number of nitrogens with zero attached hydrogens (tertiary/aromatic N) is 2. The number of piperazine rings is 1. The van der Waals surface area contributed by atoms with E-state index in [1.54, 1.807) is 0 Å². The fourth-order valence-corrected chi connectivity index (χ4v) is 2.97. The van der Waals surface area contributed by atoms with Gasteiger partial charge >= 0.3 is 0 Å². The molecule has 1 aliphatic heterocycles. The minimum Gasteiger partial charge on any atom is -0.298 e. The summed E-state index contributed by atoms with van der Waals surface area (Å²) < 4.78 is 0. The van der Waals surface area contributed by atoms with Crippen molar-refractivity contribution in [3.05, 3.63) is 41.5 Å². The first-order chi connectivity index (χ1) is 10.6. The third kappa shape index (κ3) is 4.96. The van der Waals surface area contributed by atoms with Crippen molar-refractivity contribution in [2.24, 2.45) is 0 Å². The third-order valence-corrected chi connectivity index (χ3v) is 4.93. The largest absolute Gasteiger partial charge is 0.298 e. The summed E-state index contributed by atoms with van der Waals surface area (Å²) in [6, 6.07) is 9.72. The molecule has 2 heteroatoms. The Bertz CT molecular complexity index is 453. The lowest BCUT2D eigenvalue weighted by molar-refractivity contribution is 0.117. The van der Waals surface area contributed by atoms with Crippen LogP contribution < -0.4 is 0 Å². The van der Waals surface area contributed by atoms with Crippen LogP contribution in [0.1, 0.15) is 51.2 Å². The molecule has 2 rings (SSSR count). The Morgan fingerprint density at radius 2 is 1.64 bits per heavy atom. The highest BCUT2D eigenvalue weighted by atomic mass is 15.3. The van der Waals surface area contributed by atoms with Crippen LogP contribution in [0.5, 0.6) is 0 Å². The van der Waals surface area contributed by atoms with Gasteiger partial charge in [-0.2, -0.15) is 0 Å². The van der Waals surface area contributed by atoms with Crippen molar-refractivity contribution in [2.75, 3.05) is 32.7 Å². The molecule has 0 spiro atoms.